The summed E-state index contributed by atoms with van der Waals surface area (Å²) >= 11 is 0. The van der Waals surface area contributed by atoms with E-state index < -0.39 is 22.9 Å². The Hall–Kier alpha value is -2.11. The summed E-state index contributed by atoms with van der Waals surface area (Å²) < 4.78 is 1.11. The van der Waals surface area contributed by atoms with Crippen molar-refractivity contribution in [3.63, 3.8) is 0 Å². The third-order valence-electron chi connectivity index (χ3n) is 1.57. The van der Waals surface area contributed by atoms with Crippen molar-refractivity contribution in [3.05, 3.63) is 35.0 Å². The molecule has 74 valence electrons. The molecule has 6 heteroatoms. The van der Waals surface area contributed by atoms with Crippen LogP contribution in [0, 0.1) is 0 Å². The number of aromatic nitrogens is 2. The zero-order valence-corrected chi connectivity index (χ0v) is 7.30. The molecule has 1 aromatic rings. The Morgan fingerprint density at radius 1 is 1.79 bits per heavy atom. The largest absolute Gasteiger partial charge is 0.501 e. The third-order valence-corrected chi connectivity index (χ3v) is 1.57. The molecule has 0 saturated carbocycles. The monoisotopic (exact) mass is 195 g/mol. The molecule has 0 fully saturated rings. The molecule has 6 nitrogen and oxygen atoms in total. The van der Waals surface area contributed by atoms with Crippen molar-refractivity contribution >= 4 is 5.91 Å². The van der Waals surface area contributed by atoms with Crippen LogP contribution in [0.4, 0.5) is 0 Å². The Kier molecular flexibility index (Phi) is 2.66. The summed E-state index contributed by atoms with van der Waals surface area (Å²) in [5.74, 6) is -1.67. The van der Waals surface area contributed by atoms with E-state index in [1.54, 1.807) is 0 Å². The van der Waals surface area contributed by atoms with Gasteiger partial charge in [-0.05, 0) is 0 Å². The van der Waals surface area contributed by atoms with E-state index >= 15 is 0 Å². The lowest BCUT2D eigenvalue weighted by molar-refractivity contribution is 0.0992. The van der Waals surface area contributed by atoms with Gasteiger partial charge < -0.3 is 10.8 Å². The molecule has 14 heavy (non-hydrogen) atoms. The summed E-state index contributed by atoms with van der Waals surface area (Å²) in [5, 5.41) is 9.24. The quantitative estimate of drug-likeness (QED) is 0.619. The predicted molar refractivity (Wildman–Crippen MR) is 48.9 cm³/mol. The van der Waals surface area contributed by atoms with Gasteiger partial charge in [0.05, 0.1) is 6.33 Å². The van der Waals surface area contributed by atoms with E-state index in [1.807, 2.05) is 0 Å². The van der Waals surface area contributed by atoms with Crippen LogP contribution in [-0.4, -0.2) is 20.6 Å². The highest BCUT2D eigenvalue weighted by molar-refractivity contribution is 5.93. The molecule has 0 atom stereocenters. The molecule has 0 aliphatic rings. The van der Waals surface area contributed by atoms with Crippen molar-refractivity contribution in [2.45, 2.75) is 6.54 Å². The molecular formula is C8H9N3O3. The molecule has 1 rings (SSSR count). The highest BCUT2D eigenvalue weighted by Gasteiger charge is 2.13. The number of primary amides is 1. The summed E-state index contributed by atoms with van der Waals surface area (Å²) in [6.45, 7) is 3.63. The van der Waals surface area contributed by atoms with Crippen molar-refractivity contribution in [3.8, 4) is 5.75 Å². The van der Waals surface area contributed by atoms with Crippen LogP contribution < -0.4 is 11.3 Å². The van der Waals surface area contributed by atoms with E-state index in [0.717, 1.165) is 10.9 Å². The second-order valence-corrected chi connectivity index (χ2v) is 2.55. The van der Waals surface area contributed by atoms with Gasteiger partial charge in [0.15, 0.2) is 5.69 Å². The van der Waals surface area contributed by atoms with Gasteiger partial charge in [0.2, 0.25) is 5.75 Å². The van der Waals surface area contributed by atoms with Crippen LogP contribution >= 0.6 is 0 Å². The predicted octanol–water partition coefficient (Wildman–Crippen LogP) is -0.766. The average molecular weight is 195 g/mol. The number of rotatable bonds is 3. The number of hydrogen-bond donors (Lipinski definition) is 2. The number of aromatic hydroxyl groups is 1. The van der Waals surface area contributed by atoms with Crippen LogP contribution in [0.5, 0.6) is 5.75 Å². The van der Waals surface area contributed by atoms with E-state index in [-0.39, 0.29) is 6.54 Å². The molecular weight excluding hydrogens is 186 g/mol. The lowest BCUT2D eigenvalue weighted by atomic mass is 10.3. The molecule has 0 aromatic carbocycles. The topological polar surface area (TPSA) is 98.2 Å². The fourth-order valence-corrected chi connectivity index (χ4v) is 0.928. The third kappa shape index (κ3) is 1.63. The van der Waals surface area contributed by atoms with Crippen molar-refractivity contribution in [2.75, 3.05) is 0 Å². The summed E-state index contributed by atoms with van der Waals surface area (Å²) in [4.78, 5) is 25.5. The minimum Gasteiger partial charge on any atom is -0.501 e. The summed E-state index contributed by atoms with van der Waals surface area (Å²) in [6.07, 6.45) is 2.59. The van der Waals surface area contributed by atoms with Gasteiger partial charge in [-0.1, -0.05) is 6.08 Å². The molecule has 0 radical (unpaired) electrons. The Morgan fingerprint density at radius 2 is 2.43 bits per heavy atom. The Bertz CT molecular complexity index is 436. The second-order valence-electron chi connectivity index (χ2n) is 2.55. The molecule has 0 unspecified atom stereocenters. The number of carbonyl (C=O) groups is 1. The van der Waals surface area contributed by atoms with Crippen molar-refractivity contribution in [1.29, 1.82) is 0 Å². The fraction of sp³-hybridized carbons (Fsp3) is 0.125. The minimum absolute atomic E-state index is 0.207. The smallest absolute Gasteiger partial charge is 0.296 e. The minimum atomic E-state index is -0.939. The first-order valence-electron chi connectivity index (χ1n) is 3.77. The molecule has 0 aliphatic carbocycles. The normalized spacial score (nSPS) is 9.71. The van der Waals surface area contributed by atoms with Gasteiger partial charge in [-0.25, -0.2) is 4.98 Å². The van der Waals surface area contributed by atoms with Crippen LogP contribution in [0.1, 0.15) is 10.5 Å². The number of carbonyl (C=O) groups excluding carboxylic acids is 1. The van der Waals surface area contributed by atoms with Gasteiger partial charge >= 0.3 is 0 Å². The fourth-order valence-electron chi connectivity index (χ4n) is 0.928. The summed E-state index contributed by atoms with van der Waals surface area (Å²) in [5.41, 5.74) is 3.74. The summed E-state index contributed by atoms with van der Waals surface area (Å²) in [6, 6.07) is 0. The van der Waals surface area contributed by atoms with Gasteiger partial charge in [0.1, 0.15) is 0 Å². The van der Waals surface area contributed by atoms with Crippen LogP contribution in [0.3, 0.4) is 0 Å². The first kappa shape index (κ1) is 9.97. The van der Waals surface area contributed by atoms with E-state index in [9.17, 15) is 14.7 Å². The Balaban J connectivity index is 3.33. The first-order valence-corrected chi connectivity index (χ1v) is 3.77. The van der Waals surface area contributed by atoms with Crippen LogP contribution in [-0.2, 0) is 6.54 Å². The lowest BCUT2D eigenvalue weighted by Gasteiger charge is -2.03. The molecule has 3 N–H and O–H groups in total. The van der Waals surface area contributed by atoms with Crippen molar-refractivity contribution < 1.29 is 9.90 Å². The number of nitrogens with two attached hydrogens (primary N) is 1. The van der Waals surface area contributed by atoms with E-state index in [1.165, 1.54) is 6.08 Å². The van der Waals surface area contributed by atoms with Crippen LogP contribution in [0.25, 0.3) is 0 Å². The molecule has 0 aliphatic heterocycles. The molecule has 1 heterocycles. The summed E-state index contributed by atoms with van der Waals surface area (Å²) in [7, 11) is 0. The number of amides is 1. The molecule has 0 spiro atoms. The average Bonchev–Trinajstić information content (AvgIpc) is 2.13. The van der Waals surface area contributed by atoms with Crippen LogP contribution in [0.2, 0.25) is 0 Å². The molecule has 0 bridgehead atoms. The highest BCUT2D eigenvalue weighted by atomic mass is 16.3. The highest BCUT2D eigenvalue weighted by Crippen LogP contribution is 2.05. The molecule has 1 aromatic heterocycles. The Labute approximate surface area is 79.3 Å². The zero-order valence-electron chi connectivity index (χ0n) is 7.30. The van der Waals surface area contributed by atoms with Crippen molar-refractivity contribution in [1.82, 2.24) is 9.55 Å². The van der Waals surface area contributed by atoms with Gasteiger partial charge in [-0.15, -0.1) is 6.58 Å². The lowest BCUT2D eigenvalue weighted by Crippen LogP contribution is -2.24. The number of allylic oxidation sites excluding steroid dienone is 1. The molecule has 1 amide bonds. The van der Waals surface area contributed by atoms with E-state index in [4.69, 9.17) is 5.73 Å². The maximum absolute atomic E-state index is 11.3. The Morgan fingerprint density at radius 3 is 2.93 bits per heavy atom. The second kappa shape index (κ2) is 3.73. The van der Waals surface area contributed by atoms with Gasteiger partial charge in [0.25, 0.3) is 11.5 Å². The standard InChI is InChI=1S/C8H9N3O3/c1-2-3-11-4-10-5(7(9)13)6(12)8(11)14/h2,4,12H,1,3H2,(H2,9,13). The van der Waals surface area contributed by atoms with E-state index in [0.29, 0.717) is 0 Å². The zero-order chi connectivity index (χ0) is 10.7. The maximum atomic E-state index is 11.3. The van der Waals surface area contributed by atoms with Gasteiger partial charge in [0, 0.05) is 6.54 Å². The van der Waals surface area contributed by atoms with Gasteiger partial charge in [-0.2, -0.15) is 0 Å². The maximum Gasteiger partial charge on any atom is 0.296 e. The van der Waals surface area contributed by atoms with Gasteiger partial charge in [-0.3, -0.25) is 14.2 Å². The van der Waals surface area contributed by atoms with Crippen LogP contribution in [0.15, 0.2) is 23.8 Å². The van der Waals surface area contributed by atoms with E-state index in [2.05, 4.69) is 11.6 Å². The molecule has 0 saturated heterocycles. The first-order chi connectivity index (χ1) is 6.57. The van der Waals surface area contributed by atoms with Crippen molar-refractivity contribution in [2.24, 2.45) is 5.73 Å². The SMILES string of the molecule is C=CCn1cnc(C(N)=O)c(O)c1=O. The number of nitrogens with zero attached hydrogens (tertiary/aromatic N) is 2. The number of hydrogen-bond acceptors (Lipinski definition) is 4.